The van der Waals surface area contributed by atoms with Crippen LogP contribution in [0.25, 0.3) is 0 Å². The van der Waals surface area contributed by atoms with Crippen LogP contribution in [0, 0.1) is 6.92 Å². The number of anilines is 1. The number of amides is 1. The third-order valence-electron chi connectivity index (χ3n) is 2.99. The highest BCUT2D eigenvalue weighted by Gasteiger charge is 2.25. The van der Waals surface area contributed by atoms with E-state index in [4.69, 9.17) is 21.1 Å². The Morgan fingerprint density at radius 1 is 1.50 bits per heavy atom. The van der Waals surface area contributed by atoms with Crippen molar-refractivity contribution in [1.82, 2.24) is 0 Å². The second-order valence-electron chi connectivity index (χ2n) is 4.62. The predicted molar refractivity (Wildman–Crippen MR) is 74.8 cm³/mol. The van der Waals surface area contributed by atoms with E-state index in [2.05, 4.69) is 5.32 Å². The summed E-state index contributed by atoms with van der Waals surface area (Å²) in [5.74, 6) is -0.893. The smallest absolute Gasteiger partial charge is 0.335 e. The lowest BCUT2D eigenvalue weighted by Gasteiger charge is -2.10. The van der Waals surface area contributed by atoms with Gasteiger partial charge in [0.05, 0.1) is 0 Å². The molecular weight excluding hydrogens is 282 g/mol. The van der Waals surface area contributed by atoms with Crippen LogP contribution >= 0.6 is 11.6 Å². The monoisotopic (exact) mass is 297 g/mol. The number of carbonyl (C=O) groups excluding carboxylic acids is 2. The molecule has 1 amide bonds. The molecule has 20 heavy (non-hydrogen) atoms. The van der Waals surface area contributed by atoms with Crippen LogP contribution in [0.15, 0.2) is 18.2 Å². The molecule has 0 radical (unpaired) electrons. The lowest BCUT2D eigenvalue weighted by Crippen LogP contribution is -2.27. The van der Waals surface area contributed by atoms with Crippen molar-refractivity contribution in [3.63, 3.8) is 0 Å². The summed E-state index contributed by atoms with van der Waals surface area (Å²) in [6.07, 6.45) is 0.957. The Bertz CT molecular complexity index is 512. The molecule has 1 N–H and O–H groups in total. The van der Waals surface area contributed by atoms with E-state index >= 15 is 0 Å². The normalized spacial score (nSPS) is 17.8. The van der Waals surface area contributed by atoms with E-state index in [1.807, 2.05) is 6.92 Å². The van der Waals surface area contributed by atoms with E-state index in [9.17, 15) is 9.59 Å². The minimum Gasteiger partial charge on any atom is -0.454 e. The van der Waals surface area contributed by atoms with Gasteiger partial charge in [0.1, 0.15) is 0 Å². The van der Waals surface area contributed by atoms with Crippen LogP contribution in [-0.4, -0.2) is 31.2 Å². The summed E-state index contributed by atoms with van der Waals surface area (Å²) < 4.78 is 10.1. The van der Waals surface area contributed by atoms with Crippen molar-refractivity contribution in [3.05, 3.63) is 28.8 Å². The first-order valence-corrected chi connectivity index (χ1v) is 6.78. The molecule has 0 spiro atoms. The molecule has 1 saturated heterocycles. The molecule has 0 saturated carbocycles. The largest absolute Gasteiger partial charge is 0.454 e. The molecule has 2 rings (SSSR count). The maximum atomic E-state index is 11.7. The Balaban J connectivity index is 1.80. The zero-order valence-electron chi connectivity index (χ0n) is 11.1. The van der Waals surface area contributed by atoms with Crippen LogP contribution in [0.1, 0.15) is 18.4 Å². The third kappa shape index (κ3) is 3.95. The molecular formula is C14H16ClNO4. The first-order valence-electron chi connectivity index (χ1n) is 6.40. The average Bonchev–Trinajstić information content (AvgIpc) is 2.94. The van der Waals surface area contributed by atoms with Gasteiger partial charge < -0.3 is 14.8 Å². The van der Waals surface area contributed by atoms with E-state index in [0.717, 1.165) is 12.0 Å². The molecule has 1 aliphatic rings. The number of rotatable bonds is 4. The molecule has 1 aliphatic heterocycles. The van der Waals surface area contributed by atoms with E-state index < -0.39 is 18.0 Å². The first-order chi connectivity index (χ1) is 9.56. The fourth-order valence-electron chi connectivity index (χ4n) is 1.86. The number of hydrogen-bond acceptors (Lipinski definition) is 4. The molecule has 1 fully saturated rings. The lowest BCUT2D eigenvalue weighted by atomic mass is 10.2. The summed E-state index contributed by atoms with van der Waals surface area (Å²) in [5, 5.41) is 3.18. The molecule has 108 valence electrons. The standard InChI is InChI=1S/C14H16ClNO4/c1-9-4-5-10(7-11(9)15)16-13(17)8-20-14(18)12-3-2-6-19-12/h4-5,7,12H,2-3,6,8H2,1H3,(H,16,17)/t12-/m1/s1. The van der Waals surface area contributed by atoms with E-state index in [1.165, 1.54) is 0 Å². The van der Waals surface area contributed by atoms with Gasteiger partial charge in [-0.05, 0) is 37.5 Å². The molecule has 1 aromatic rings. The summed E-state index contributed by atoms with van der Waals surface area (Å²) in [4.78, 5) is 23.2. The second kappa shape index (κ2) is 6.72. The zero-order chi connectivity index (χ0) is 14.5. The van der Waals surface area contributed by atoms with Gasteiger partial charge >= 0.3 is 5.97 Å². The Kier molecular flexibility index (Phi) is 4.98. The van der Waals surface area contributed by atoms with Gasteiger partial charge in [0.15, 0.2) is 12.7 Å². The summed E-state index contributed by atoms with van der Waals surface area (Å²) in [7, 11) is 0. The minimum absolute atomic E-state index is 0.329. The number of hydrogen-bond donors (Lipinski definition) is 1. The molecule has 0 aliphatic carbocycles. The van der Waals surface area contributed by atoms with Gasteiger partial charge in [-0.15, -0.1) is 0 Å². The van der Waals surface area contributed by atoms with Crippen LogP contribution in [0.5, 0.6) is 0 Å². The van der Waals surface area contributed by atoms with Crippen molar-refractivity contribution in [2.24, 2.45) is 0 Å². The number of benzene rings is 1. The highest BCUT2D eigenvalue weighted by atomic mass is 35.5. The topological polar surface area (TPSA) is 64.6 Å². The fraction of sp³-hybridized carbons (Fsp3) is 0.429. The maximum Gasteiger partial charge on any atom is 0.335 e. The van der Waals surface area contributed by atoms with Gasteiger partial charge in [-0.25, -0.2) is 4.79 Å². The third-order valence-corrected chi connectivity index (χ3v) is 3.40. The number of halogens is 1. The molecule has 1 atom stereocenters. The van der Waals surface area contributed by atoms with Crippen LogP contribution in [0.3, 0.4) is 0 Å². The number of aryl methyl sites for hydroxylation is 1. The Morgan fingerprint density at radius 3 is 2.95 bits per heavy atom. The molecule has 6 heteroatoms. The highest BCUT2D eigenvalue weighted by molar-refractivity contribution is 6.31. The van der Waals surface area contributed by atoms with Crippen LogP contribution in [-0.2, 0) is 19.1 Å². The van der Waals surface area contributed by atoms with Gasteiger partial charge in [-0.3, -0.25) is 4.79 Å². The van der Waals surface area contributed by atoms with Crippen LogP contribution < -0.4 is 5.32 Å². The van der Waals surface area contributed by atoms with Gasteiger partial charge in [0, 0.05) is 17.3 Å². The summed E-state index contributed by atoms with van der Waals surface area (Å²) >= 11 is 5.96. The quantitative estimate of drug-likeness (QED) is 0.866. The van der Waals surface area contributed by atoms with E-state index in [-0.39, 0.29) is 6.61 Å². The van der Waals surface area contributed by atoms with Crippen LogP contribution in [0.4, 0.5) is 5.69 Å². The fourth-order valence-corrected chi connectivity index (χ4v) is 2.04. The maximum absolute atomic E-state index is 11.7. The lowest BCUT2D eigenvalue weighted by molar-refractivity contribution is -0.156. The summed E-state index contributed by atoms with van der Waals surface area (Å²) in [5.41, 5.74) is 1.49. The molecule has 0 unspecified atom stereocenters. The Morgan fingerprint density at radius 2 is 2.30 bits per heavy atom. The van der Waals surface area contributed by atoms with E-state index in [1.54, 1.807) is 18.2 Å². The van der Waals surface area contributed by atoms with Crippen LogP contribution in [0.2, 0.25) is 5.02 Å². The number of nitrogens with one attached hydrogen (secondary N) is 1. The summed E-state index contributed by atoms with van der Waals surface area (Å²) in [6, 6.07) is 5.19. The van der Waals surface area contributed by atoms with Gasteiger partial charge in [-0.2, -0.15) is 0 Å². The number of esters is 1. The van der Waals surface area contributed by atoms with Gasteiger partial charge in [0.25, 0.3) is 5.91 Å². The SMILES string of the molecule is Cc1ccc(NC(=O)COC(=O)[C@H]2CCCO2)cc1Cl. The number of carbonyl (C=O) groups is 2. The minimum atomic E-state index is -0.531. The van der Waals surface area contributed by atoms with Crippen molar-refractivity contribution in [3.8, 4) is 0 Å². The molecule has 0 bridgehead atoms. The van der Waals surface area contributed by atoms with Gasteiger partial charge in [-0.1, -0.05) is 17.7 Å². The Labute approximate surface area is 122 Å². The van der Waals surface area contributed by atoms with Crippen molar-refractivity contribution in [2.75, 3.05) is 18.5 Å². The van der Waals surface area contributed by atoms with Gasteiger partial charge in [0.2, 0.25) is 0 Å². The van der Waals surface area contributed by atoms with Crippen molar-refractivity contribution in [1.29, 1.82) is 0 Å². The highest BCUT2D eigenvalue weighted by Crippen LogP contribution is 2.20. The average molecular weight is 298 g/mol. The second-order valence-corrected chi connectivity index (χ2v) is 5.03. The zero-order valence-corrected chi connectivity index (χ0v) is 11.9. The summed E-state index contributed by atoms with van der Waals surface area (Å²) in [6.45, 7) is 2.11. The first kappa shape index (κ1) is 14.8. The number of ether oxygens (including phenoxy) is 2. The van der Waals surface area contributed by atoms with Crippen molar-refractivity contribution in [2.45, 2.75) is 25.9 Å². The van der Waals surface area contributed by atoms with E-state index in [0.29, 0.717) is 23.7 Å². The van der Waals surface area contributed by atoms with Crippen molar-refractivity contribution < 1.29 is 19.1 Å². The predicted octanol–water partition coefficient (Wildman–Crippen LogP) is 2.31. The van der Waals surface area contributed by atoms with Crippen molar-refractivity contribution >= 4 is 29.2 Å². The molecule has 1 heterocycles. The Hall–Kier alpha value is -1.59. The molecule has 5 nitrogen and oxygen atoms in total. The molecule has 0 aromatic heterocycles. The molecule has 1 aromatic carbocycles.